The maximum Gasteiger partial charge on any atom is 0.294 e. The van der Waals surface area contributed by atoms with Gasteiger partial charge in [0, 0.05) is 17.6 Å². The number of fused-ring (bicyclic) bond motifs is 2. The van der Waals surface area contributed by atoms with E-state index in [1.54, 1.807) is 36.4 Å². The highest BCUT2D eigenvalue weighted by Gasteiger charge is 2.32. The largest absolute Gasteiger partial charge is 0.492 e. The summed E-state index contributed by atoms with van der Waals surface area (Å²) < 4.78 is 11.4. The Kier molecular flexibility index (Phi) is 4.58. The van der Waals surface area contributed by atoms with Crippen LogP contribution in [0.5, 0.6) is 5.75 Å². The Hall–Kier alpha value is -2.50. The zero-order chi connectivity index (χ0) is 19.1. The molecule has 0 N–H and O–H groups in total. The van der Waals surface area contributed by atoms with E-state index >= 15 is 0 Å². The summed E-state index contributed by atoms with van der Waals surface area (Å²) in [5.41, 5.74) is 0.957. The van der Waals surface area contributed by atoms with Crippen LogP contribution in [0.1, 0.15) is 23.0 Å². The van der Waals surface area contributed by atoms with E-state index in [0.717, 1.165) is 0 Å². The molecule has 7 heteroatoms. The quantitative estimate of drug-likeness (QED) is 0.635. The number of para-hydroxylation sites is 1. The molecule has 1 aliphatic heterocycles. The second-order valence-corrected chi connectivity index (χ2v) is 6.95. The predicted molar refractivity (Wildman–Crippen MR) is 105 cm³/mol. The highest BCUT2D eigenvalue weighted by molar-refractivity contribution is 6.34. The molecule has 0 fully saturated rings. The van der Waals surface area contributed by atoms with Gasteiger partial charge in [0.25, 0.3) is 5.91 Å². The second-order valence-electron chi connectivity index (χ2n) is 6.11. The van der Waals surface area contributed by atoms with Gasteiger partial charge in [-0.2, -0.15) is 0 Å². The molecule has 1 amide bonds. The zero-order valence-electron chi connectivity index (χ0n) is 14.4. The summed E-state index contributed by atoms with van der Waals surface area (Å²) in [6.45, 7) is 2.62. The highest BCUT2D eigenvalue weighted by atomic mass is 35.5. The number of rotatable bonds is 3. The fourth-order valence-electron chi connectivity index (χ4n) is 3.28. The van der Waals surface area contributed by atoms with Crippen molar-refractivity contribution >= 4 is 45.8 Å². The second kappa shape index (κ2) is 6.91. The maximum absolute atomic E-state index is 13.1. The van der Waals surface area contributed by atoms with Gasteiger partial charge in [0.15, 0.2) is 16.8 Å². The third-order valence-electron chi connectivity index (χ3n) is 4.50. The Morgan fingerprint density at radius 1 is 1.19 bits per heavy atom. The lowest BCUT2D eigenvalue weighted by atomic mass is 10.0. The number of hydrogen-bond donors (Lipinski definition) is 0. The molecule has 27 heavy (non-hydrogen) atoms. The molecule has 4 rings (SSSR count). The van der Waals surface area contributed by atoms with Gasteiger partial charge in [0.1, 0.15) is 5.75 Å². The molecule has 1 aliphatic rings. The molecule has 2 aromatic carbocycles. The van der Waals surface area contributed by atoms with E-state index in [9.17, 15) is 9.59 Å². The first-order chi connectivity index (χ1) is 13.0. The first-order valence-corrected chi connectivity index (χ1v) is 9.25. The minimum atomic E-state index is -0.404. The van der Waals surface area contributed by atoms with Crippen LogP contribution < -0.4 is 15.1 Å². The number of carbonyl (C=O) groups excluding carboxylic acids is 1. The average Bonchev–Trinajstić information content (AvgIpc) is 2.65. The standard InChI is InChI=1S/C20H15Cl2NO4/c1-2-26-16-10-11(21)6-7-15(16)23-9-8-13-17(24)12-4-3-5-14(22)18(12)27-19(13)20(23)25/h3-7,10H,2,8-9H2,1H3. The van der Waals surface area contributed by atoms with Crippen LogP contribution in [0, 0.1) is 0 Å². The first-order valence-electron chi connectivity index (χ1n) is 8.49. The van der Waals surface area contributed by atoms with Crippen molar-refractivity contribution in [3.8, 4) is 5.75 Å². The van der Waals surface area contributed by atoms with Crippen molar-refractivity contribution in [1.82, 2.24) is 0 Å². The molecular weight excluding hydrogens is 389 g/mol. The number of benzene rings is 2. The molecule has 0 aliphatic carbocycles. The van der Waals surface area contributed by atoms with Gasteiger partial charge in [0.2, 0.25) is 0 Å². The van der Waals surface area contributed by atoms with E-state index in [-0.39, 0.29) is 16.8 Å². The van der Waals surface area contributed by atoms with Crippen molar-refractivity contribution in [3.05, 3.63) is 68.0 Å². The Labute approximate surface area is 165 Å². The van der Waals surface area contributed by atoms with Crippen molar-refractivity contribution < 1.29 is 13.9 Å². The van der Waals surface area contributed by atoms with Crippen LogP contribution in [0.4, 0.5) is 5.69 Å². The summed E-state index contributed by atoms with van der Waals surface area (Å²) in [6.07, 6.45) is 0.375. The third kappa shape index (κ3) is 2.97. The van der Waals surface area contributed by atoms with Gasteiger partial charge >= 0.3 is 0 Å². The summed E-state index contributed by atoms with van der Waals surface area (Å²) >= 11 is 12.2. The molecule has 0 atom stereocenters. The van der Waals surface area contributed by atoms with Gasteiger partial charge in [-0.15, -0.1) is 0 Å². The summed E-state index contributed by atoms with van der Waals surface area (Å²) in [5.74, 6) is 0.116. The molecular formula is C20H15Cl2NO4. The number of amides is 1. The van der Waals surface area contributed by atoms with Crippen molar-refractivity contribution in [2.75, 3.05) is 18.1 Å². The van der Waals surface area contributed by atoms with Crippen molar-refractivity contribution in [2.45, 2.75) is 13.3 Å². The molecule has 2 heterocycles. The van der Waals surface area contributed by atoms with Crippen LogP contribution in [-0.2, 0) is 6.42 Å². The van der Waals surface area contributed by atoms with Crippen LogP contribution >= 0.6 is 23.2 Å². The number of nitrogens with zero attached hydrogens (tertiary/aromatic N) is 1. The van der Waals surface area contributed by atoms with Crippen molar-refractivity contribution in [2.24, 2.45) is 0 Å². The minimum Gasteiger partial charge on any atom is -0.492 e. The van der Waals surface area contributed by atoms with E-state index in [1.165, 1.54) is 4.90 Å². The lowest BCUT2D eigenvalue weighted by Crippen LogP contribution is -2.40. The van der Waals surface area contributed by atoms with Crippen LogP contribution in [0.3, 0.4) is 0 Å². The lowest BCUT2D eigenvalue weighted by Gasteiger charge is -2.28. The van der Waals surface area contributed by atoms with Crippen LogP contribution in [0.15, 0.2) is 45.6 Å². The van der Waals surface area contributed by atoms with Crippen LogP contribution in [0.2, 0.25) is 10.0 Å². The average molecular weight is 404 g/mol. The minimum absolute atomic E-state index is 0.0178. The van der Waals surface area contributed by atoms with E-state index < -0.39 is 5.91 Å². The van der Waals surface area contributed by atoms with E-state index in [0.29, 0.717) is 52.0 Å². The number of halogens is 2. The monoisotopic (exact) mass is 403 g/mol. The lowest BCUT2D eigenvalue weighted by molar-refractivity contribution is 0.0951. The van der Waals surface area contributed by atoms with Crippen molar-refractivity contribution in [3.63, 3.8) is 0 Å². The molecule has 0 unspecified atom stereocenters. The topological polar surface area (TPSA) is 59.8 Å². The third-order valence-corrected chi connectivity index (χ3v) is 5.03. The Morgan fingerprint density at radius 2 is 2.00 bits per heavy atom. The smallest absolute Gasteiger partial charge is 0.294 e. The van der Waals surface area contributed by atoms with Gasteiger partial charge in [-0.25, -0.2) is 0 Å². The van der Waals surface area contributed by atoms with Crippen LogP contribution in [-0.4, -0.2) is 19.1 Å². The molecule has 0 bridgehead atoms. The van der Waals surface area contributed by atoms with Gasteiger partial charge in [-0.05, 0) is 37.6 Å². The molecule has 0 saturated heterocycles. The number of ether oxygens (including phenoxy) is 1. The molecule has 0 spiro atoms. The molecule has 0 saturated carbocycles. The fourth-order valence-corrected chi connectivity index (χ4v) is 3.66. The summed E-state index contributed by atoms with van der Waals surface area (Å²) in [4.78, 5) is 27.5. The first kappa shape index (κ1) is 17.9. The van der Waals surface area contributed by atoms with Gasteiger partial charge in [-0.1, -0.05) is 29.3 Å². The Morgan fingerprint density at radius 3 is 2.78 bits per heavy atom. The van der Waals surface area contributed by atoms with Crippen LogP contribution in [0.25, 0.3) is 11.0 Å². The van der Waals surface area contributed by atoms with E-state index in [2.05, 4.69) is 0 Å². The normalized spacial score (nSPS) is 13.7. The van der Waals surface area contributed by atoms with Gasteiger partial charge in [-0.3, -0.25) is 9.59 Å². The van der Waals surface area contributed by atoms with E-state index in [4.69, 9.17) is 32.4 Å². The molecule has 5 nitrogen and oxygen atoms in total. The number of anilines is 1. The molecule has 138 valence electrons. The SMILES string of the molecule is CCOc1cc(Cl)ccc1N1CCc2c(oc3c(Cl)cccc3c2=O)C1=O. The molecule has 1 aromatic heterocycles. The zero-order valence-corrected chi connectivity index (χ0v) is 15.9. The Balaban J connectivity index is 1.86. The van der Waals surface area contributed by atoms with Crippen molar-refractivity contribution in [1.29, 1.82) is 0 Å². The maximum atomic E-state index is 13.1. The summed E-state index contributed by atoms with van der Waals surface area (Å²) in [7, 11) is 0. The molecule has 0 radical (unpaired) electrons. The fraction of sp³-hybridized carbons (Fsp3) is 0.200. The highest BCUT2D eigenvalue weighted by Crippen LogP contribution is 2.35. The summed E-state index contributed by atoms with van der Waals surface area (Å²) in [6, 6.07) is 10.0. The summed E-state index contributed by atoms with van der Waals surface area (Å²) in [5, 5.41) is 1.18. The Bertz CT molecular complexity index is 1120. The molecule has 3 aromatic rings. The van der Waals surface area contributed by atoms with Gasteiger partial charge in [0.05, 0.1) is 28.3 Å². The number of carbonyl (C=O) groups is 1. The number of hydrogen-bond acceptors (Lipinski definition) is 4. The van der Waals surface area contributed by atoms with E-state index in [1.807, 2.05) is 6.92 Å². The van der Waals surface area contributed by atoms with Gasteiger partial charge < -0.3 is 14.1 Å². The predicted octanol–water partition coefficient (Wildman–Crippen LogP) is 4.70.